The largest absolute Gasteiger partial charge is 0.374 e. The van der Waals surface area contributed by atoms with Crippen LogP contribution < -0.4 is 0 Å². The van der Waals surface area contributed by atoms with Crippen molar-refractivity contribution in [1.29, 1.82) is 0 Å². The van der Waals surface area contributed by atoms with Crippen LogP contribution in [0.3, 0.4) is 0 Å². The van der Waals surface area contributed by atoms with E-state index < -0.39 is 0 Å². The molecular weight excluding hydrogens is 421 g/mol. The summed E-state index contributed by atoms with van der Waals surface area (Å²) in [5.41, 5.74) is 2.27. The van der Waals surface area contributed by atoms with Crippen LogP contribution in [0.5, 0.6) is 0 Å². The van der Waals surface area contributed by atoms with Crippen molar-refractivity contribution in [3.63, 3.8) is 0 Å². The molecule has 0 N–H and O–H groups in total. The fourth-order valence-corrected chi connectivity index (χ4v) is 5.71. The van der Waals surface area contributed by atoms with Crippen molar-refractivity contribution < 1.29 is 4.74 Å². The van der Waals surface area contributed by atoms with E-state index in [1.807, 2.05) is 24.3 Å². The molecule has 2 atom stereocenters. The standard InChI is InChI=1S/C24H23Cl2NOS/c25-20-12-7-13-21(26)23(20)24(29-19-10-5-2-6-11-19)22-17-27(14-15-28-22)16-18-8-3-1-4-9-18/h1-13,22,24H,14-17H2/t22-,24?/m1/s1. The summed E-state index contributed by atoms with van der Waals surface area (Å²) in [4.78, 5) is 3.63. The third-order valence-electron chi connectivity index (χ3n) is 5.05. The molecule has 1 unspecified atom stereocenters. The lowest BCUT2D eigenvalue weighted by molar-refractivity contribution is -0.0319. The SMILES string of the molecule is Clc1cccc(Cl)c1C(Sc1ccccc1)[C@H]1CN(Cc2ccccc2)CCO1. The zero-order valence-electron chi connectivity index (χ0n) is 16.0. The number of hydrogen-bond acceptors (Lipinski definition) is 3. The molecule has 4 rings (SSSR count). The molecule has 1 heterocycles. The molecule has 0 radical (unpaired) electrons. The van der Waals surface area contributed by atoms with Gasteiger partial charge in [0, 0.05) is 40.1 Å². The minimum absolute atomic E-state index is 0.00457. The maximum absolute atomic E-state index is 6.61. The van der Waals surface area contributed by atoms with Crippen molar-refractivity contribution in [1.82, 2.24) is 4.90 Å². The Kier molecular flexibility index (Phi) is 7.17. The number of thioether (sulfide) groups is 1. The van der Waals surface area contributed by atoms with Gasteiger partial charge < -0.3 is 4.74 Å². The van der Waals surface area contributed by atoms with Crippen LogP contribution in [-0.2, 0) is 11.3 Å². The van der Waals surface area contributed by atoms with Crippen molar-refractivity contribution in [2.75, 3.05) is 19.7 Å². The second kappa shape index (κ2) is 10.0. The minimum Gasteiger partial charge on any atom is -0.374 e. The molecule has 0 aliphatic carbocycles. The first-order valence-corrected chi connectivity index (χ1v) is 11.4. The maximum Gasteiger partial charge on any atom is 0.0866 e. The number of nitrogens with zero attached hydrogens (tertiary/aromatic N) is 1. The molecule has 3 aromatic rings. The highest BCUT2D eigenvalue weighted by Gasteiger charge is 2.32. The molecule has 1 saturated heterocycles. The van der Waals surface area contributed by atoms with E-state index in [4.69, 9.17) is 27.9 Å². The van der Waals surface area contributed by atoms with E-state index in [1.165, 1.54) is 10.5 Å². The third kappa shape index (κ3) is 5.36. The smallest absolute Gasteiger partial charge is 0.0866 e. The Bertz CT molecular complexity index is 902. The van der Waals surface area contributed by atoms with Crippen molar-refractivity contribution in [2.45, 2.75) is 22.8 Å². The number of morpholine rings is 1. The van der Waals surface area contributed by atoms with Crippen LogP contribution in [0.1, 0.15) is 16.4 Å². The summed E-state index contributed by atoms with van der Waals surface area (Å²) in [6, 6.07) is 26.7. The summed E-state index contributed by atoms with van der Waals surface area (Å²) in [6.07, 6.45) is -0.00457. The van der Waals surface area contributed by atoms with Gasteiger partial charge in [-0.25, -0.2) is 0 Å². The molecule has 3 aromatic carbocycles. The second-order valence-electron chi connectivity index (χ2n) is 7.12. The maximum atomic E-state index is 6.61. The zero-order valence-corrected chi connectivity index (χ0v) is 18.3. The van der Waals surface area contributed by atoms with Gasteiger partial charge in [-0.15, -0.1) is 11.8 Å². The summed E-state index contributed by atoms with van der Waals surface area (Å²) in [7, 11) is 0. The van der Waals surface area contributed by atoms with Gasteiger partial charge in [-0.3, -0.25) is 4.90 Å². The predicted octanol–water partition coefficient (Wildman–Crippen LogP) is 6.73. The summed E-state index contributed by atoms with van der Waals surface area (Å²) < 4.78 is 6.26. The van der Waals surface area contributed by atoms with Gasteiger partial charge in [0.2, 0.25) is 0 Å². The lowest BCUT2D eigenvalue weighted by atomic mass is 10.0. The van der Waals surface area contributed by atoms with E-state index in [-0.39, 0.29) is 11.4 Å². The Labute approximate surface area is 186 Å². The van der Waals surface area contributed by atoms with Crippen LogP contribution in [0, 0.1) is 0 Å². The molecule has 0 bridgehead atoms. The van der Waals surface area contributed by atoms with Gasteiger partial charge >= 0.3 is 0 Å². The van der Waals surface area contributed by atoms with Crippen molar-refractivity contribution in [3.05, 3.63) is 100 Å². The normalized spacial score (nSPS) is 18.5. The first-order valence-electron chi connectivity index (χ1n) is 9.74. The van der Waals surface area contributed by atoms with Crippen LogP contribution in [0.2, 0.25) is 10.0 Å². The molecule has 0 spiro atoms. The Morgan fingerprint density at radius 3 is 2.24 bits per heavy atom. The van der Waals surface area contributed by atoms with E-state index in [9.17, 15) is 0 Å². The van der Waals surface area contributed by atoms with Crippen LogP contribution in [0.25, 0.3) is 0 Å². The summed E-state index contributed by atoms with van der Waals surface area (Å²) in [6.45, 7) is 3.37. The molecule has 5 heteroatoms. The molecular formula is C24H23Cl2NOS. The topological polar surface area (TPSA) is 12.5 Å². The van der Waals surface area contributed by atoms with Gasteiger partial charge in [-0.2, -0.15) is 0 Å². The van der Waals surface area contributed by atoms with Gasteiger partial charge in [0.1, 0.15) is 0 Å². The molecule has 1 fully saturated rings. The Morgan fingerprint density at radius 2 is 1.55 bits per heavy atom. The number of hydrogen-bond donors (Lipinski definition) is 0. The first kappa shape index (κ1) is 20.8. The van der Waals surface area contributed by atoms with E-state index in [0.717, 1.165) is 25.2 Å². The van der Waals surface area contributed by atoms with Crippen molar-refractivity contribution >= 4 is 35.0 Å². The minimum atomic E-state index is -0.00457. The lowest BCUT2D eigenvalue weighted by Crippen LogP contribution is -2.44. The van der Waals surface area contributed by atoms with Crippen LogP contribution in [-0.4, -0.2) is 30.7 Å². The second-order valence-corrected chi connectivity index (χ2v) is 9.15. The quantitative estimate of drug-likeness (QED) is 0.391. The lowest BCUT2D eigenvalue weighted by Gasteiger charge is -2.37. The van der Waals surface area contributed by atoms with E-state index in [0.29, 0.717) is 16.7 Å². The Hall–Kier alpha value is -1.49. The zero-order chi connectivity index (χ0) is 20.1. The summed E-state index contributed by atoms with van der Waals surface area (Å²) in [5, 5.41) is 1.39. The number of halogens is 2. The molecule has 29 heavy (non-hydrogen) atoms. The van der Waals surface area contributed by atoms with Crippen LogP contribution >= 0.6 is 35.0 Å². The Balaban J connectivity index is 1.60. The average molecular weight is 444 g/mol. The van der Waals surface area contributed by atoms with Crippen LogP contribution in [0.4, 0.5) is 0 Å². The number of rotatable bonds is 6. The molecule has 1 aliphatic heterocycles. The van der Waals surface area contributed by atoms with E-state index >= 15 is 0 Å². The van der Waals surface area contributed by atoms with Gasteiger partial charge in [0.15, 0.2) is 0 Å². The number of benzene rings is 3. The molecule has 150 valence electrons. The predicted molar refractivity (Wildman–Crippen MR) is 123 cm³/mol. The van der Waals surface area contributed by atoms with Gasteiger partial charge in [0.05, 0.1) is 18.0 Å². The fourth-order valence-electron chi connectivity index (χ4n) is 3.65. The molecule has 0 saturated carbocycles. The van der Waals surface area contributed by atoms with E-state index in [1.54, 1.807) is 11.8 Å². The highest BCUT2D eigenvalue weighted by Crippen LogP contribution is 2.45. The molecule has 0 aromatic heterocycles. The summed E-state index contributed by atoms with van der Waals surface area (Å²) in [5.74, 6) is 0. The highest BCUT2D eigenvalue weighted by molar-refractivity contribution is 7.99. The van der Waals surface area contributed by atoms with Gasteiger partial charge in [-0.05, 0) is 29.8 Å². The molecule has 1 aliphatic rings. The van der Waals surface area contributed by atoms with E-state index in [2.05, 4.69) is 59.5 Å². The monoisotopic (exact) mass is 443 g/mol. The number of ether oxygens (including phenoxy) is 1. The van der Waals surface area contributed by atoms with Crippen molar-refractivity contribution in [2.24, 2.45) is 0 Å². The molecule has 2 nitrogen and oxygen atoms in total. The van der Waals surface area contributed by atoms with Crippen LogP contribution in [0.15, 0.2) is 83.8 Å². The first-order chi connectivity index (χ1) is 14.2. The fraction of sp³-hybridized carbons (Fsp3) is 0.250. The highest BCUT2D eigenvalue weighted by atomic mass is 35.5. The van der Waals surface area contributed by atoms with Crippen molar-refractivity contribution in [3.8, 4) is 0 Å². The molecule has 0 amide bonds. The Morgan fingerprint density at radius 1 is 0.897 bits per heavy atom. The third-order valence-corrected chi connectivity index (χ3v) is 7.05. The van der Waals surface area contributed by atoms with Gasteiger partial charge in [-0.1, -0.05) is 77.8 Å². The summed E-state index contributed by atoms with van der Waals surface area (Å²) >= 11 is 15.0. The average Bonchev–Trinajstić information content (AvgIpc) is 2.74. The van der Waals surface area contributed by atoms with Gasteiger partial charge in [0.25, 0.3) is 0 Å².